The summed E-state index contributed by atoms with van der Waals surface area (Å²) in [5, 5.41) is 20.2. The van der Waals surface area contributed by atoms with Gasteiger partial charge < -0.3 is 20.3 Å². The van der Waals surface area contributed by atoms with Crippen molar-refractivity contribution in [1.82, 2.24) is 10.2 Å². The Morgan fingerprint density at radius 3 is 2.64 bits per heavy atom. The normalized spacial score (nSPS) is 12.0. The van der Waals surface area contributed by atoms with E-state index in [1.165, 1.54) is 6.92 Å². The SMILES string of the molecule is CCN(CCO)COc1ccccc1C(=O)NC(C)C(=O)O. The van der Waals surface area contributed by atoms with Crippen LogP contribution in [0.4, 0.5) is 0 Å². The Morgan fingerprint density at radius 2 is 2.05 bits per heavy atom. The van der Waals surface area contributed by atoms with Gasteiger partial charge in [-0.25, -0.2) is 0 Å². The summed E-state index contributed by atoms with van der Waals surface area (Å²) in [5.74, 6) is -1.24. The van der Waals surface area contributed by atoms with Crippen molar-refractivity contribution in [2.75, 3.05) is 26.4 Å². The molecule has 0 heterocycles. The number of benzene rings is 1. The minimum atomic E-state index is -1.10. The Morgan fingerprint density at radius 1 is 1.36 bits per heavy atom. The number of nitrogens with one attached hydrogen (secondary N) is 1. The van der Waals surface area contributed by atoms with Crippen molar-refractivity contribution in [3.05, 3.63) is 29.8 Å². The van der Waals surface area contributed by atoms with Crippen molar-refractivity contribution in [2.45, 2.75) is 19.9 Å². The van der Waals surface area contributed by atoms with E-state index in [1.54, 1.807) is 24.3 Å². The number of carboxylic acid groups (broad SMARTS) is 1. The van der Waals surface area contributed by atoms with E-state index in [4.69, 9.17) is 14.9 Å². The van der Waals surface area contributed by atoms with Gasteiger partial charge in [0.15, 0.2) is 0 Å². The summed E-state index contributed by atoms with van der Waals surface area (Å²) in [6.07, 6.45) is 0. The van der Waals surface area contributed by atoms with Crippen molar-refractivity contribution in [3.63, 3.8) is 0 Å². The van der Waals surface area contributed by atoms with Gasteiger partial charge in [-0.05, 0) is 25.6 Å². The molecule has 0 aliphatic carbocycles. The molecule has 0 aliphatic heterocycles. The van der Waals surface area contributed by atoms with E-state index in [9.17, 15) is 9.59 Å². The summed E-state index contributed by atoms with van der Waals surface area (Å²) in [6, 6.07) is 5.64. The fraction of sp³-hybridized carbons (Fsp3) is 0.467. The molecule has 122 valence electrons. The zero-order chi connectivity index (χ0) is 16.5. The Labute approximate surface area is 129 Å². The van der Waals surface area contributed by atoms with E-state index in [0.717, 1.165) is 0 Å². The van der Waals surface area contributed by atoms with Gasteiger partial charge in [0.1, 0.15) is 18.5 Å². The van der Waals surface area contributed by atoms with Crippen LogP contribution in [-0.4, -0.2) is 59.5 Å². The summed E-state index contributed by atoms with van der Waals surface area (Å²) in [5.41, 5.74) is 0.274. The Balaban J connectivity index is 2.76. The molecule has 1 aromatic carbocycles. The second-order valence-corrected chi connectivity index (χ2v) is 4.74. The van der Waals surface area contributed by atoms with Crippen LogP contribution in [0.2, 0.25) is 0 Å². The maximum absolute atomic E-state index is 12.1. The third kappa shape index (κ3) is 5.34. The van der Waals surface area contributed by atoms with Crippen LogP contribution in [0.1, 0.15) is 24.2 Å². The van der Waals surface area contributed by atoms with Crippen LogP contribution >= 0.6 is 0 Å². The topological polar surface area (TPSA) is 99.1 Å². The number of hydrogen-bond donors (Lipinski definition) is 3. The number of carboxylic acids is 1. The summed E-state index contributed by atoms with van der Waals surface area (Å²) in [7, 11) is 0. The fourth-order valence-corrected chi connectivity index (χ4v) is 1.73. The van der Waals surface area contributed by atoms with E-state index < -0.39 is 17.9 Å². The van der Waals surface area contributed by atoms with Crippen LogP contribution in [0.15, 0.2) is 24.3 Å². The number of hydrogen-bond acceptors (Lipinski definition) is 5. The van der Waals surface area contributed by atoms with Crippen LogP contribution in [-0.2, 0) is 4.79 Å². The first-order chi connectivity index (χ1) is 10.5. The van der Waals surface area contributed by atoms with Gasteiger partial charge in [-0.15, -0.1) is 0 Å². The zero-order valence-electron chi connectivity index (χ0n) is 12.8. The average Bonchev–Trinajstić information content (AvgIpc) is 2.51. The highest BCUT2D eigenvalue weighted by Gasteiger charge is 2.18. The van der Waals surface area contributed by atoms with Crippen LogP contribution in [0.25, 0.3) is 0 Å². The molecule has 0 aromatic heterocycles. The lowest BCUT2D eigenvalue weighted by molar-refractivity contribution is -0.138. The standard InChI is InChI=1S/C15H22N2O5/c1-3-17(8-9-18)10-22-13-7-5-4-6-12(13)14(19)16-11(2)15(20)21/h4-7,11,18H,3,8-10H2,1-2H3,(H,16,19)(H,20,21). The third-order valence-electron chi connectivity index (χ3n) is 3.12. The lowest BCUT2D eigenvalue weighted by atomic mass is 10.1. The van der Waals surface area contributed by atoms with Gasteiger partial charge in [-0.1, -0.05) is 19.1 Å². The summed E-state index contributed by atoms with van der Waals surface area (Å²) in [6.45, 7) is 4.76. The number of likely N-dealkylation sites (N-methyl/N-ethyl adjacent to an activating group) is 1. The van der Waals surface area contributed by atoms with E-state index >= 15 is 0 Å². The fourth-order valence-electron chi connectivity index (χ4n) is 1.73. The molecule has 0 aliphatic rings. The molecule has 7 nitrogen and oxygen atoms in total. The van der Waals surface area contributed by atoms with Crippen molar-refractivity contribution < 1.29 is 24.5 Å². The second kappa shape index (κ2) is 9.01. The number of amides is 1. The van der Waals surface area contributed by atoms with Crippen LogP contribution < -0.4 is 10.1 Å². The molecule has 3 N–H and O–H groups in total. The molecule has 1 amide bonds. The number of carbonyl (C=O) groups excluding carboxylic acids is 1. The molecule has 0 fully saturated rings. The molecule has 0 bridgehead atoms. The van der Waals surface area contributed by atoms with Gasteiger partial charge in [0.2, 0.25) is 0 Å². The average molecular weight is 310 g/mol. The first-order valence-electron chi connectivity index (χ1n) is 7.08. The number of aliphatic hydroxyl groups is 1. The van der Waals surface area contributed by atoms with E-state index in [2.05, 4.69) is 5.32 Å². The van der Waals surface area contributed by atoms with Gasteiger partial charge in [0.05, 0.1) is 12.2 Å². The van der Waals surface area contributed by atoms with Crippen molar-refractivity contribution in [3.8, 4) is 5.75 Å². The molecule has 0 radical (unpaired) electrons. The minimum absolute atomic E-state index is 0.0233. The highest BCUT2D eigenvalue weighted by molar-refractivity contribution is 5.98. The molecule has 0 spiro atoms. The molecule has 1 rings (SSSR count). The maximum Gasteiger partial charge on any atom is 0.325 e. The van der Waals surface area contributed by atoms with Crippen molar-refractivity contribution in [2.24, 2.45) is 0 Å². The highest BCUT2D eigenvalue weighted by Crippen LogP contribution is 2.18. The van der Waals surface area contributed by atoms with Gasteiger partial charge in [0, 0.05) is 6.54 Å². The predicted molar refractivity (Wildman–Crippen MR) is 80.8 cm³/mol. The van der Waals surface area contributed by atoms with Crippen molar-refractivity contribution >= 4 is 11.9 Å². The number of rotatable bonds is 9. The molecular weight excluding hydrogens is 288 g/mol. The molecule has 1 unspecified atom stereocenters. The van der Waals surface area contributed by atoms with Gasteiger partial charge >= 0.3 is 5.97 Å². The molecule has 0 saturated carbocycles. The third-order valence-corrected chi connectivity index (χ3v) is 3.12. The number of nitrogens with zero attached hydrogens (tertiary/aromatic N) is 1. The van der Waals surface area contributed by atoms with E-state index in [1.807, 2.05) is 11.8 Å². The van der Waals surface area contributed by atoms with Crippen molar-refractivity contribution in [1.29, 1.82) is 0 Å². The molecular formula is C15H22N2O5. The largest absolute Gasteiger partial charge is 0.480 e. The smallest absolute Gasteiger partial charge is 0.325 e. The lowest BCUT2D eigenvalue weighted by Gasteiger charge is -2.20. The van der Waals surface area contributed by atoms with Crippen LogP contribution in [0.5, 0.6) is 5.75 Å². The number of para-hydroxylation sites is 1. The van der Waals surface area contributed by atoms with Gasteiger partial charge in [0.25, 0.3) is 5.91 Å². The van der Waals surface area contributed by atoms with Gasteiger partial charge in [-0.2, -0.15) is 0 Å². The van der Waals surface area contributed by atoms with Crippen LogP contribution in [0, 0.1) is 0 Å². The quantitative estimate of drug-likeness (QED) is 0.576. The minimum Gasteiger partial charge on any atom is -0.480 e. The predicted octanol–water partition coefficient (Wildman–Crippen LogP) is 0.540. The maximum atomic E-state index is 12.1. The second-order valence-electron chi connectivity index (χ2n) is 4.74. The number of aliphatic hydroxyl groups excluding tert-OH is 1. The molecule has 22 heavy (non-hydrogen) atoms. The Kier molecular flexibility index (Phi) is 7.34. The molecule has 0 saturated heterocycles. The molecule has 7 heteroatoms. The summed E-state index contributed by atoms with van der Waals surface area (Å²) < 4.78 is 5.61. The molecule has 1 atom stereocenters. The number of ether oxygens (including phenoxy) is 1. The summed E-state index contributed by atoms with van der Waals surface area (Å²) >= 11 is 0. The highest BCUT2D eigenvalue weighted by atomic mass is 16.5. The van der Waals surface area contributed by atoms with E-state index in [0.29, 0.717) is 18.8 Å². The monoisotopic (exact) mass is 310 g/mol. The van der Waals surface area contributed by atoms with E-state index in [-0.39, 0.29) is 18.9 Å². The lowest BCUT2D eigenvalue weighted by Crippen LogP contribution is -2.38. The Bertz CT molecular complexity index is 506. The Hall–Kier alpha value is -2.12. The first kappa shape index (κ1) is 17.9. The van der Waals surface area contributed by atoms with Gasteiger partial charge in [-0.3, -0.25) is 14.5 Å². The number of aliphatic carboxylic acids is 1. The van der Waals surface area contributed by atoms with Crippen LogP contribution in [0.3, 0.4) is 0 Å². The molecule has 1 aromatic rings. The number of carbonyl (C=O) groups is 2. The first-order valence-corrected chi connectivity index (χ1v) is 7.08. The zero-order valence-corrected chi connectivity index (χ0v) is 12.8. The summed E-state index contributed by atoms with van der Waals surface area (Å²) in [4.78, 5) is 24.8.